The Balaban J connectivity index is 1.51. The van der Waals surface area contributed by atoms with Gasteiger partial charge in [-0.1, -0.05) is 6.42 Å². The lowest BCUT2D eigenvalue weighted by Crippen LogP contribution is -2.21. The lowest BCUT2D eigenvalue weighted by atomic mass is 9.94. The van der Waals surface area contributed by atoms with Gasteiger partial charge in [0, 0.05) is 12.1 Å². The number of aromatic nitrogens is 2. The molecule has 0 amide bonds. The lowest BCUT2D eigenvalue weighted by Gasteiger charge is -2.25. The molecule has 1 unspecified atom stereocenters. The van der Waals surface area contributed by atoms with E-state index in [0.717, 1.165) is 54.9 Å². The molecule has 1 aromatic carbocycles. The minimum Gasteiger partial charge on any atom is -0.490 e. The van der Waals surface area contributed by atoms with Gasteiger partial charge in [-0.05, 0) is 81.7 Å². The maximum absolute atomic E-state index is 11.6. The predicted octanol–water partition coefficient (Wildman–Crippen LogP) is 3.66. The molecular formula is C23H31N3O3. The third-order valence-electron chi connectivity index (χ3n) is 6.30. The number of aryl methyl sites for hydroxylation is 1. The van der Waals surface area contributed by atoms with Crippen LogP contribution in [0.3, 0.4) is 0 Å². The zero-order chi connectivity index (χ0) is 20.2. The van der Waals surface area contributed by atoms with E-state index in [2.05, 4.69) is 27.8 Å². The highest BCUT2D eigenvalue weighted by molar-refractivity contribution is 5.70. The van der Waals surface area contributed by atoms with Crippen molar-refractivity contribution in [1.82, 2.24) is 9.55 Å². The fraction of sp³-hybridized carbons (Fsp3) is 0.565. The first kappa shape index (κ1) is 20.0. The van der Waals surface area contributed by atoms with Gasteiger partial charge in [0.15, 0.2) is 0 Å². The summed E-state index contributed by atoms with van der Waals surface area (Å²) in [5, 5.41) is 9.54. The number of benzene rings is 1. The van der Waals surface area contributed by atoms with Crippen LogP contribution in [0.25, 0.3) is 5.69 Å². The molecule has 1 atom stereocenters. The van der Waals surface area contributed by atoms with E-state index < -0.39 is 11.9 Å². The van der Waals surface area contributed by atoms with Crippen molar-refractivity contribution in [2.45, 2.75) is 70.3 Å². The van der Waals surface area contributed by atoms with Crippen molar-refractivity contribution in [2.24, 2.45) is 11.7 Å². The minimum absolute atomic E-state index is 0.349. The molecule has 6 nitrogen and oxygen atoms in total. The molecule has 0 spiro atoms. The van der Waals surface area contributed by atoms with Gasteiger partial charge in [-0.2, -0.15) is 0 Å². The van der Waals surface area contributed by atoms with E-state index in [0.29, 0.717) is 25.5 Å². The van der Waals surface area contributed by atoms with Crippen molar-refractivity contribution in [3.05, 3.63) is 41.5 Å². The van der Waals surface area contributed by atoms with Gasteiger partial charge >= 0.3 is 5.97 Å². The van der Waals surface area contributed by atoms with Crippen LogP contribution in [0.15, 0.2) is 24.5 Å². The quantitative estimate of drug-likeness (QED) is 0.709. The molecule has 1 aliphatic carbocycles. The summed E-state index contributed by atoms with van der Waals surface area (Å²) in [7, 11) is 0. The molecule has 1 aliphatic heterocycles. The molecule has 29 heavy (non-hydrogen) atoms. The van der Waals surface area contributed by atoms with Gasteiger partial charge < -0.3 is 20.1 Å². The molecule has 1 fully saturated rings. The molecule has 3 N–H and O–H groups in total. The van der Waals surface area contributed by atoms with Crippen LogP contribution in [0.1, 0.15) is 61.9 Å². The Bertz CT molecular complexity index is 855. The largest absolute Gasteiger partial charge is 0.490 e. The summed E-state index contributed by atoms with van der Waals surface area (Å²) in [5.41, 5.74) is 10.0. The summed E-state index contributed by atoms with van der Waals surface area (Å²) >= 11 is 0. The average molecular weight is 398 g/mol. The molecule has 6 heteroatoms. The van der Waals surface area contributed by atoms with Gasteiger partial charge in [-0.15, -0.1) is 0 Å². The Labute approximate surface area is 172 Å². The molecule has 2 heterocycles. The van der Waals surface area contributed by atoms with Gasteiger partial charge in [0.05, 0.1) is 29.7 Å². The van der Waals surface area contributed by atoms with Gasteiger partial charge in [0.1, 0.15) is 5.75 Å². The zero-order valence-electron chi connectivity index (χ0n) is 17.0. The monoisotopic (exact) mass is 397 g/mol. The number of imidazole rings is 1. The minimum atomic E-state index is -0.763. The second-order valence-corrected chi connectivity index (χ2v) is 8.35. The van der Waals surface area contributed by atoms with Crippen molar-refractivity contribution in [3.63, 3.8) is 0 Å². The van der Waals surface area contributed by atoms with Crippen molar-refractivity contribution in [3.8, 4) is 11.4 Å². The van der Waals surface area contributed by atoms with E-state index in [4.69, 9.17) is 10.5 Å². The number of carbonyl (C=O) groups is 1. The van der Waals surface area contributed by atoms with E-state index in [1.165, 1.54) is 24.8 Å². The van der Waals surface area contributed by atoms with Crippen LogP contribution in [-0.2, 0) is 24.1 Å². The SMILES string of the molecule is NCCCC(Cc1ncn2c1CCc1cc(OC3CCCCC3)ccc1-2)C(=O)O. The van der Waals surface area contributed by atoms with Crippen molar-refractivity contribution in [2.75, 3.05) is 6.54 Å². The molecule has 1 saturated carbocycles. The van der Waals surface area contributed by atoms with Crippen LogP contribution in [0.2, 0.25) is 0 Å². The van der Waals surface area contributed by atoms with E-state index in [9.17, 15) is 9.90 Å². The number of hydrogen-bond donors (Lipinski definition) is 2. The number of aliphatic carboxylic acids is 1. The van der Waals surface area contributed by atoms with Crippen LogP contribution < -0.4 is 10.5 Å². The van der Waals surface area contributed by atoms with Crippen molar-refractivity contribution >= 4 is 5.97 Å². The summed E-state index contributed by atoms with van der Waals surface area (Å²) in [6, 6.07) is 6.35. The normalized spacial score (nSPS) is 17.4. The predicted molar refractivity (Wildman–Crippen MR) is 112 cm³/mol. The topological polar surface area (TPSA) is 90.4 Å². The van der Waals surface area contributed by atoms with Gasteiger partial charge in [-0.3, -0.25) is 4.79 Å². The molecule has 0 saturated heterocycles. The molecule has 156 valence electrons. The number of nitrogens with two attached hydrogens (primary N) is 1. The third kappa shape index (κ3) is 4.47. The average Bonchev–Trinajstić information content (AvgIpc) is 3.14. The first-order valence-corrected chi connectivity index (χ1v) is 10.9. The highest BCUT2D eigenvalue weighted by Gasteiger charge is 2.25. The standard InChI is InChI=1S/C23H31N3O3/c24-12-4-5-17(23(27)28)14-20-22-10-8-16-13-19(29-18-6-2-1-3-7-18)9-11-21(16)26(22)15-25-20/h9,11,13,15,17-18H,1-8,10,12,14,24H2,(H,27,28). The van der Waals surface area contributed by atoms with Crippen LogP contribution >= 0.6 is 0 Å². The van der Waals surface area contributed by atoms with Gasteiger partial charge in [-0.25, -0.2) is 4.98 Å². The second-order valence-electron chi connectivity index (χ2n) is 8.35. The van der Waals surface area contributed by atoms with Crippen molar-refractivity contribution in [1.29, 1.82) is 0 Å². The highest BCUT2D eigenvalue weighted by atomic mass is 16.5. The smallest absolute Gasteiger partial charge is 0.306 e. The van der Waals surface area contributed by atoms with Crippen molar-refractivity contribution < 1.29 is 14.6 Å². The van der Waals surface area contributed by atoms with Gasteiger partial charge in [0.25, 0.3) is 0 Å². The molecule has 0 radical (unpaired) electrons. The van der Waals surface area contributed by atoms with Crippen LogP contribution in [0.4, 0.5) is 0 Å². The Morgan fingerprint density at radius 2 is 2.10 bits per heavy atom. The Kier molecular flexibility index (Phi) is 6.19. The number of ether oxygens (including phenoxy) is 1. The number of hydrogen-bond acceptors (Lipinski definition) is 4. The fourth-order valence-electron chi connectivity index (χ4n) is 4.66. The summed E-state index contributed by atoms with van der Waals surface area (Å²) in [5.74, 6) is -0.223. The maximum atomic E-state index is 11.6. The fourth-order valence-corrected chi connectivity index (χ4v) is 4.66. The summed E-state index contributed by atoms with van der Waals surface area (Å²) < 4.78 is 8.36. The van der Waals surface area contributed by atoms with Crippen LogP contribution in [-0.4, -0.2) is 33.3 Å². The molecule has 4 rings (SSSR count). The van der Waals surface area contributed by atoms with Crippen LogP contribution in [0, 0.1) is 5.92 Å². The number of carboxylic acids is 1. The molecule has 2 aromatic rings. The van der Waals surface area contributed by atoms with E-state index >= 15 is 0 Å². The van der Waals surface area contributed by atoms with E-state index in [1.54, 1.807) is 0 Å². The van der Waals surface area contributed by atoms with Crippen LogP contribution in [0.5, 0.6) is 5.75 Å². The number of nitrogens with zero attached hydrogens (tertiary/aromatic N) is 2. The zero-order valence-corrected chi connectivity index (χ0v) is 17.0. The second kappa shape index (κ2) is 8.99. The molecule has 0 bridgehead atoms. The molecule has 2 aliphatic rings. The van der Waals surface area contributed by atoms with E-state index in [-0.39, 0.29) is 0 Å². The number of rotatable bonds is 8. The Hall–Kier alpha value is -2.34. The first-order valence-electron chi connectivity index (χ1n) is 10.9. The Morgan fingerprint density at radius 3 is 2.86 bits per heavy atom. The number of fused-ring (bicyclic) bond motifs is 3. The third-order valence-corrected chi connectivity index (χ3v) is 6.30. The Morgan fingerprint density at radius 1 is 1.28 bits per heavy atom. The lowest BCUT2D eigenvalue weighted by molar-refractivity contribution is -0.142. The van der Waals surface area contributed by atoms with Gasteiger partial charge in [0.2, 0.25) is 0 Å². The summed E-state index contributed by atoms with van der Waals surface area (Å²) in [6.07, 6.45) is 11.9. The van der Waals surface area contributed by atoms with E-state index in [1.807, 2.05) is 6.33 Å². The first-order chi connectivity index (χ1) is 14.2. The molecule has 1 aromatic heterocycles. The molecular weight excluding hydrogens is 366 g/mol. The number of carboxylic acid groups (broad SMARTS) is 1. The summed E-state index contributed by atoms with van der Waals surface area (Å²) in [4.78, 5) is 16.2. The maximum Gasteiger partial charge on any atom is 0.306 e. The highest BCUT2D eigenvalue weighted by Crippen LogP contribution is 2.32. The summed E-state index contributed by atoms with van der Waals surface area (Å²) in [6.45, 7) is 0.518.